The first-order chi connectivity index (χ1) is 17.2. The molecule has 0 saturated carbocycles. The van der Waals surface area contributed by atoms with E-state index in [0.29, 0.717) is 10.7 Å². The SMILES string of the molecule is COc1ccc2cc(/C(O)=C3\C(=O)C(=O)N(c4nccs4)C3c3ccc(C(C)(C)C)cc3)ccc2c1. The van der Waals surface area contributed by atoms with Gasteiger partial charge in [-0.25, -0.2) is 4.98 Å². The van der Waals surface area contributed by atoms with Crippen molar-refractivity contribution in [3.8, 4) is 5.75 Å². The summed E-state index contributed by atoms with van der Waals surface area (Å²) in [5.74, 6) is -0.924. The van der Waals surface area contributed by atoms with Gasteiger partial charge in [0.15, 0.2) is 5.13 Å². The van der Waals surface area contributed by atoms with Crippen molar-refractivity contribution in [2.24, 2.45) is 0 Å². The number of amides is 1. The molecule has 1 atom stereocenters. The summed E-state index contributed by atoms with van der Waals surface area (Å²) in [5, 5.41) is 15.4. The number of rotatable bonds is 4. The summed E-state index contributed by atoms with van der Waals surface area (Å²) in [6, 6.07) is 18.1. The first kappa shape index (κ1) is 23.8. The van der Waals surface area contributed by atoms with Crippen molar-refractivity contribution in [3.63, 3.8) is 0 Å². The van der Waals surface area contributed by atoms with Gasteiger partial charge in [-0.2, -0.15) is 0 Å². The van der Waals surface area contributed by atoms with Crippen molar-refractivity contribution in [2.75, 3.05) is 12.0 Å². The zero-order valence-corrected chi connectivity index (χ0v) is 21.3. The zero-order valence-electron chi connectivity index (χ0n) is 20.5. The topological polar surface area (TPSA) is 79.7 Å². The van der Waals surface area contributed by atoms with E-state index in [1.165, 1.54) is 16.2 Å². The number of thiazole rings is 1. The predicted octanol–water partition coefficient (Wildman–Crippen LogP) is 6.23. The van der Waals surface area contributed by atoms with Crippen molar-refractivity contribution < 1.29 is 19.4 Å². The van der Waals surface area contributed by atoms with Crippen molar-refractivity contribution >= 4 is 44.7 Å². The Kier molecular flexibility index (Phi) is 5.88. The highest BCUT2D eigenvalue weighted by Gasteiger charge is 2.48. The largest absolute Gasteiger partial charge is 0.507 e. The van der Waals surface area contributed by atoms with Gasteiger partial charge in [0.05, 0.1) is 18.7 Å². The Morgan fingerprint density at radius 3 is 2.33 bits per heavy atom. The molecule has 1 aliphatic rings. The number of carbonyl (C=O) groups is 2. The van der Waals surface area contributed by atoms with Crippen LogP contribution >= 0.6 is 11.3 Å². The van der Waals surface area contributed by atoms with Gasteiger partial charge in [-0.05, 0) is 45.5 Å². The Bertz CT molecular complexity index is 1500. The predicted molar refractivity (Wildman–Crippen MR) is 143 cm³/mol. The lowest BCUT2D eigenvalue weighted by atomic mass is 9.85. The fraction of sp³-hybridized carbons (Fsp3) is 0.207. The van der Waals surface area contributed by atoms with Crippen LogP contribution in [0.15, 0.2) is 77.8 Å². The number of hydrogen-bond acceptors (Lipinski definition) is 6. The standard InChI is InChI=1S/C29H26N2O4S/c1-29(2,3)21-10-7-17(8-11-21)24-23(26(33)27(34)31(24)28-30-13-14-36-28)25(32)20-6-5-19-16-22(35-4)12-9-18(19)15-20/h5-16,24,32H,1-4H3/b25-23+. The summed E-state index contributed by atoms with van der Waals surface area (Å²) in [4.78, 5) is 32.2. The van der Waals surface area contributed by atoms with Crippen LogP contribution in [0.3, 0.4) is 0 Å². The molecule has 36 heavy (non-hydrogen) atoms. The summed E-state index contributed by atoms with van der Waals surface area (Å²) in [7, 11) is 1.61. The van der Waals surface area contributed by atoms with Gasteiger partial charge in [-0.1, -0.05) is 63.2 Å². The van der Waals surface area contributed by atoms with Crippen molar-refractivity contribution in [1.82, 2.24) is 4.98 Å². The van der Waals surface area contributed by atoms with E-state index in [-0.39, 0.29) is 16.7 Å². The summed E-state index contributed by atoms with van der Waals surface area (Å²) in [6.45, 7) is 6.37. The lowest BCUT2D eigenvalue weighted by Crippen LogP contribution is -2.29. The second kappa shape index (κ2) is 8.91. The van der Waals surface area contributed by atoms with Gasteiger partial charge in [0.25, 0.3) is 5.78 Å². The number of nitrogens with zero attached hydrogens (tertiary/aromatic N) is 2. The molecule has 6 nitrogen and oxygen atoms in total. The molecule has 1 N–H and O–H groups in total. The molecule has 1 aromatic heterocycles. The van der Waals surface area contributed by atoms with Gasteiger partial charge in [-0.15, -0.1) is 11.3 Å². The number of hydrogen-bond donors (Lipinski definition) is 1. The molecule has 0 radical (unpaired) electrons. The van der Waals surface area contributed by atoms with Gasteiger partial charge in [0.2, 0.25) is 0 Å². The van der Waals surface area contributed by atoms with Crippen LogP contribution < -0.4 is 9.64 Å². The van der Waals surface area contributed by atoms with Gasteiger partial charge in [-0.3, -0.25) is 14.5 Å². The molecule has 0 aliphatic carbocycles. The van der Waals surface area contributed by atoms with E-state index in [0.717, 1.165) is 27.6 Å². The number of carbonyl (C=O) groups excluding carboxylic acids is 2. The number of aromatic nitrogens is 1. The third-order valence-corrected chi connectivity index (χ3v) is 7.25. The molecule has 182 valence electrons. The van der Waals surface area contributed by atoms with E-state index in [1.807, 2.05) is 48.5 Å². The number of ketones is 1. The highest BCUT2D eigenvalue weighted by molar-refractivity contribution is 7.14. The minimum atomic E-state index is -0.795. The minimum Gasteiger partial charge on any atom is -0.507 e. The van der Waals surface area contributed by atoms with Gasteiger partial charge in [0.1, 0.15) is 11.5 Å². The van der Waals surface area contributed by atoms with Crippen LogP contribution in [0, 0.1) is 0 Å². The lowest BCUT2D eigenvalue weighted by molar-refractivity contribution is -0.132. The average molecular weight is 499 g/mol. The Morgan fingerprint density at radius 2 is 1.69 bits per heavy atom. The molecular formula is C29H26N2O4S. The fourth-order valence-electron chi connectivity index (χ4n) is 4.50. The number of methoxy groups -OCH3 is 1. The van der Waals surface area contributed by atoms with Crippen LogP contribution in [0.2, 0.25) is 0 Å². The summed E-state index contributed by atoms with van der Waals surface area (Å²) in [5.41, 5.74) is 2.31. The monoisotopic (exact) mass is 498 g/mol. The zero-order chi connectivity index (χ0) is 25.6. The van der Waals surface area contributed by atoms with Crippen LogP contribution in [0.5, 0.6) is 5.75 Å². The first-order valence-corrected chi connectivity index (χ1v) is 12.5. The van der Waals surface area contributed by atoms with E-state index >= 15 is 0 Å². The summed E-state index contributed by atoms with van der Waals surface area (Å²) in [6.07, 6.45) is 1.59. The molecule has 3 aromatic carbocycles. The molecule has 2 heterocycles. The average Bonchev–Trinajstić information content (AvgIpc) is 3.49. The van der Waals surface area contributed by atoms with E-state index < -0.39 is 17.7 Å². The summed E-state index contributed by atoms with van der Waals surface area (Å²) >= 11 is 1.27. The second-order valence-electron chi connectivity index (χ2n) is 9.78. The quantitative estimate of drug-likeness (QED) is 0.205. The molecule has 1 unspecified atom stereocenters. The number of fused-ring (bicyclic) bond motifs is 1. The Labute approximate surface area is 213 Å². The number of anilines is 1. The van der Waals surface area contributed by atoms with E-state index in [2.05, 4.69) is 25.8 Å². The first-order valence-electron chi connectivity index (χ1n) is 11.6. The van der Waals surface area contributed by atoms with Crippen molar-refractivity contribution in [2.45, 2.75) is 32.2 Å². The smallest absolute Gasteiger partial charge is 0.301 e. The Hall–Kier alpha value is -3.97. The van der Waals surface area contributed by atoms with Crippen molar-refractivity contribution in [3.05, 3.63) is 94.5 Å². The highest BCUT2D eigenvalue weighted by atomic mass is 32.1. The number of aliphatic hydroxyl groups excluding tert-OH is 1. The molecule has 1 fully saturated rings. The molecule has 0 bridgehead atoms. The number of aliphatic hydroxyl groups is 1. The number of ether oxygens (including phenoxy) is 1. The maximum atomic E-state index is 13.3. The number of benzene rings is 3. The maximum absolute atomic E-state index is 13.3. The Balaban J connectivity index is 1.67. The fourth-order valence-corrected chi connectivity index (χ4v) is 5.17. The third kappa shape index (κ3) is 4.05. The van der Waals surface area contributed by atoms with Gasteiger partial charge >= 0.3 is 5.91 Å². The van der Waals surface area contributed by atoms with E-state index in [4.69, 9.17) is 4.74 Å². The van der Waals surface area contributed by atoms with Crippen LogP contribution in [0.4, 0.5) is 5.13 Å². The molecule has 7 heteroatoms. The van der Waals surface area contributed by atoms with E-state index in [9.17, 15) is 14.7 Å². The number of Topliss-reactive ketones (excluding diaryl/α,β-unsaturated/α-hetero) is 1. The molecule has 5 rings (SSSR count). The van der Waals surface area contributed by atoms with Crippen LogP contribution in [-0.4, -0.2) is 28.9 Å². The van der Waals surface area contributed by atoms with Crippen LogP contribution in [0.25, 0.3) is 16.5 Å². The second-order valence-corrected chi connectivity index (χ2v) is 10.7. The van der Waals surface area contributed by atoms with Crippen molar-refractivity contribution in [1.29, 1.82) is 0 Å². The van der Waals surface area contributed by atoms with E-state index in [1.54, 1.807) is 30.8 Å². The summed E-state index contributed by atoms with van der Waals surface area (Å²) < 4.78 is 5.30. The normalized spacial score (nSPS) is 17.7. The molecule has 4 aromatic rings. The van der Waals surface area contributed by atoms with Crippen LogP contribution in [0.1, 0.15) is 43.5 Å². The molecule has 1 amide bonds. The maximum Gasteiger partial charge on any atom is 0.301 e. The highest BCUT2D eigenvalue weighted by Crippen LogP contribution is 2.43. The van der Waals surface area contributed by atoms with Gasteiger partial charge < -0.3 is 9.84 Å². The lowest BCUT2D eigenvalue weighted by Gasteiger charge is -2.24. The van der Waals surface area contributed by atoms with Crippen LogP contribution in [-0.2, 0) is 15.0 Å². The molecule has 0 spiro atoms. The third-order valence-electron chi connectivity index (χ3n) is 6.48. The molecule has 1 saturated heterocycles. The Morgan fingerprint density at radius 1 is 1.00 bits per heavy atom. The molecular weight excluding hydrogens is 472 g/mol. The minimum absolute atomic E-state index is 0.0478. The van der Waals surface area contributed by atoms with Gasteiger partial charge in [0, 0.05) is 17.1 Å². The molecule has 1 aliphatic heterocycles.